The summed E-state index contributed by atoms with van der Waals surface area (Å²) < 4.78 is 0. The molecule has 1 heterocycles. The van der Waals surface area contributed by atoms with Crippen molar-refractivity contribution < 1.29 is 9.59 Å². The van der Waals surface area contributed by atoms with Crippen molar-refractivity contribution in [3.63, 3.8) is 0 Å². The summed E-state index contributed by atoms with van der Waals surface area (Å²) >= 11 is 0. The number of hydrogen-bond donors (Lipinski definition) is 2. The van der Waals surface area contributed by atoms with Gasteiger partial charge in [-0.25, -0.2) is 4.98 Å². The molecule has 1 aromatic carbocycles. The van der Waals surface area contributed by atoms with Gasteiger partial charge in [0.15, 0.2) is 0 Å². The average molecular weight is 269 g/mol. The van der Waals surface area contributed by atoms with Gasteiger partial charge in [0.1, 0.15) is 5.82 Å². The van der Waals surface area contributed by atoms with Crippen LogP contribution >= 0.6 is 0 Å². The van der Waals surface area contributed by atoms with Gasteiger partial charge in [0, 0.05) is 17.7 Å². The van der Waals surface area contributed by atoms with Crippen LogP contribution in [0.2, 0.25) is 0 Å². The number of carbonyl (C=O) groups excluding carboxylic acids is 2. The molecule has 0 aliphatic carbocycles. The Morgan fingerprint density at radius 1 is 1.05 bits per heavy atom. The van der Waals surface area contributed by atoms with Gasteiger partial charge in [-0.15, -0.1) is 0 Å². The van der Waals surface area contributed by atoms with Crippen molar-refractivity contribution in [2.75, 3.05) is 10.6 Å². The Bertz CT molecular complexity index is 571. The van der Waals surface area contributed by atoms with Crippen molar-refractivity contribution in [3.05, 3.63) is 53.7 Å². The number of carbonyl (C=O) groups is 2. The smallest absolute Gasteiger partial charge is 0.212 e. The van der Waals surface area contributed by atoms with Crippen LogP contribution in [-0.2, 0) is 9.59 Å². The Morgan fingerprint density at radius 2 is 1.75 bits per heavy atom. The van der Waals surface area contributed by atoms with E-state index in [0.29, 0.717) is 24.3 Å². The molecule has 0 bridgehead atoms. The summed E-state index contributed by atoms with van der Waals surface area (Å²) in [5.74, 6) is 0.460. The molecular weight excluding hydrogens is 254 g/mol. The van der Waals surface area contributed by atoms with Crippen LogP contribution in [0, 0.1) is 0 Å². The first kappa shape index (κ1) is 13.7. The molecule has 102 valence electrons. The second-order valence-electron chi connectivity index (χ2n) is 4.32. The number of anilines is 2. The average Bonchev–Trinajstić information content (AvgIpc) is 2.48. The maximum absolute atomic E-state index is 10.6. The molecule has 0 saturated carbocycles. The number of nitrogens with zero attached hydrogens (tertiary/aromatic N) is 1. The highest BCUT2D eigenvalue weighted by Gasteiger charge is 2.12. The number of rotatable bonds is 6. The van der Waals surface area contributed by atoms with E-state index in [1.165, 1.54) is 0 Å². The summed E-state index contributed by atoms with van der Waals surface area (Å²) in [7, 11) is 0. The Labute approximate surface area is 117 Å². The van der Waals surface area contributed by atoms with Gasteiger partial charge >= 0.3 is 0 Å². The highest BCUT2D eigenvalue weighted by Crippen LogP contribution is 2.26. The normalized spacial score (nSPS) is 11.4. The lowest BCUT2D eigenvalue weighted by molar-refractivity contribution is -0.106. The van der Waals surface area contributed by atoms with E-state index in [1.807, 2.05) is 37.3 Å². The summed E-state index contributed by atoms with van der Waals surface area (Å²) in [5.41, 5.74) is 2.48. The SMILES string of the molecule is C[C@@H](c1ccccc1)c1cc(NC=O)cc(NC=O)n1. The first-order valence-corrected chi connectivity index (χ1v) is 6.22. The first-order valence-electron chi connectivity index (χ1n) is 6.22. The second kappa shape index (κ2) is 6.47. The zero-order valence-electron chi connectivity index (χ0n) is 11.0. The fraction of sp³-hybridized carbons (Fsp3) is 0.133. The predicted octanol–water partition coefficient (Wildman–Crippen LogP) is 2.37. The molecule has 1 aromatic heterocycles. The van der Waals surface area contributed by atoms with Gasteiger partial charge in [-0.2, -0.15) is 0 Å². The Hall–Kier alpha value is -2.69. The summed E-state index contributed by atoms with van der Waals surface area (Å²) in [6, 6.07) is 13.3. The third kappa shape index (κ3) is 3.20. The molecule has 0 fully saturated rings. The Balaban J connectivity index is 2.38. The third-order valence-corrected chi connectivity index (χ3v) is 3.02. The number of nitrogens with one attached hydrogen (secondary N) is 2. The minimum atomic E-state index is 0.0526. The number of pyridine rings is 1. The number of amides is 2. The minimum Gasteiger partial charge on any atom is -0.328 e. The molecule has 0 aliphatic heterocycles. The number of benzene rings is 1. The maximum Gasteiger partial charge on any atom is 0.212 e. The fourth-order valence-corrected chi connectivity index (χ4v) is 1.97. The molecule has 0 aliphatic rings. The van der Waals surface area contributed by atoms with Crippen LogP contribution in [0.15, 0.2) is 42.5 Å². The summed E-state index contributed by atoms with van der Waals surface area (Å²) in [6.07, 6.45) is 1.15. The molecule has 2 N–H and O–H groups in total. The predicted molar refractivity (Wildman–Crippen MR) is 77.6 cm³/mol. The van der Waals surface area contributed by atoms with Crippen molar-refractivity contribution in [1.29, 1.82) is 0 Å². The van der Waals surface area contributed by atoms with Crippen LogP contribution < -0.4 is 10.6 Å². The molecule has 0 spiro atoms. The zero-order valence-corrected chi connectivity index (χ0v) is 11.0. The van der Waals surface area contributed by atoms with Crippen LogP contribution in [0.25, 0.3) is 0 Å². The Morgan fingerprint density at radius 3 is 2.40 bits per heavy atom. The van der Waals surface area contributed by atoms with Crippen molar-refractivity contribution >= 4 is 24.3 Å². The first-order chi connectivity index (χ1) is 9.74. The van der Waals surface area contributed by atoms with Crippen LogP contribution in [0.3, 0.4) is 0 Å². The molecule has 0 unspecified atom stereocenters. The molecule has 5 heteroatoms. The molecule has 5 nitrogen and oxygen atoms in total. The lowest BCUT2D eigenvalue weighted by Gasteiger charge is -2.14. The second-order valence-corrected chi connectivity index (χ2v) is 4.32. The van der Waals surface area contributed by atoms with E-state index in [2.05, 4.69) is 15.6 Å². The summed E-state index contributed by atoms with van der Waals surface area (Å²) in [5, 5.41) is 5.08. The molecule has 20 heavy (non-hydrogen) atoms. The van der Waals surface area contributed by atoms with Gasteiger partial charge in [-0.3, -0.25) is 9.59 Å². The number of hydrogen-bond acceptors (Lipinski definition) is 3. The largest absolute Gasteiger partial charge is 0.328 e. The molecule has 2 amide bonds. The summed E-state index contributed by atoms with van der Waals surface area (Å²) in [6.45, 7) is 2.02. The minimum absolute atomic E-state index is 0.0526. The van der Waals surface area contributed by atoms with E-state index in [1.54, 1.807) is 12.1 Å². The van der Waals surface area contributed by atoms with Gasteiger partial charge in [-0.1, -0.05) is 37.3 Å². The highest BCUT2D eigenvalue weighted by molar-refractivity contribution is 5.76. The van der Waals surface area contributed by atoms with Crippen molar-refractivity contribution in [2.24, 2.45) is 0 Å². The zero-order chi connectivity index (χ0) is 14.4. The van der Waals surface area contributed by atoms with Crippen molar-refractivity contribution in [2.45, 2.75) is 12.8 Å². The van der Waals surface area contributed by atoms with Gasteiger partial charge in [0.25, 0.3) is 0 Å². The van der Waals surface area contributed by atoms with E-state index in [0.717, 1.165) is 11.3 Å². The van der Waals surface area contributed by atoms with Gasteiger partial charge in [-0.05, 0) is 11.6 Å². The lowest BCUT2D eigenvalue weighted by Crippen LogP contribution is -2.06. The van der Waals surface area contributed by atoms with E-state index in [-0.39, 0.29) is 5.92 Å². The molecule has 1 atom stereocenters. The lowest BCUT2D eigenvalue weighted by atomic mass is 9.97. The van der Waals surface area contributed by atoms with Crippen LogP contribution in [0.5, 0.6) is 0 Å². The van der Waals surface area contributed by atoms with Crippen LogP contribution in [0.4, 0.5) is 11.5 Å². The molecular formula is C15H15N3O2. The van der Waals surface area contributed by atoms with E-state index < -0.39 is 0 Å². The van der Waals surface area contributed by atoms with Crippen molar-refractivity contribution in [1.82, 2.24) is 4.98 Å². The summed E-state index contributed by atoms with van der Waals surface area (Å²) in [4.78, 5) is 25.5. The van der Waals surface area contributed by atoms with Crippen molar-refractivity contribution in [3.8, 4) is 0 Å². The van der Waals surface area contributed by atoms with Gasteiger partial charge in [0.2, 0.25) is 12.8 Å². The van der Waals surface area contributed by atoms with E-state index in [9.17, 15) is 9.59 Å². The van der Waals surface area contributed by atoms with Crippen LogP contribution in [-0.4, -0.2) is 17.8 Å². The quantitative estimate of drug-likeness (QED) is 0.791. The molecule has 2 rings (SSSR count). The molecule has 2 aromatic rings. The Kier molecular flexibility index (Phi) is 4.44. The highest BCUT2D eigenvalue weighted by atomic mass is 16.1. The molecule has 0 radical (unpaired) electrons. The topological polar surface area (TPSA) is 71.1 Å². The third-order valence-electron chi connectivity index (χ3n) is 3.02. The fourth-order valence-electron chi connectivity index (χ4n) is 1.97. The standard InChI is InChI=1S/C15H15N3O2/c1-11(12-5-3-2-4-6-12)14-7-13(16-9-19)8-15(18-14)17-10-20/h2-11H,1H3,(H2,16,17,18,19,20)/t11-/m0/s1. The van der Waals surface area contributed by atoms with Gasteiger partial charge in [0.05, 0.1) is 5.69 Å². The monoisotopic (exact) mass is 269 g/mol. The van der Waals surface area contributed by atoms with E-state index in [4.69, 9.17) is 0 Å². The van der Waals surface area contributed by atoms with Crippen LogP contribution in [0.1, 0.15) is 24.1 Å². The molecule has 0 saturated heterocycles. The maximum atomic E-state index is 10.6. The van der Waals surface area contributed by atoms with E-state index >= 15 is 0 Å². The van der Waals surface area contributed by atoms with Gasteiger partial charge < -0.3 is 10.6 Å². The number of aromatic nitrogens is 1.